The Balaban J connectivity index is 1.48. The van der Waals surface area contributed by atoms with Gasteiger partial charge in [0.25, 0.3) is 0 Å². The largest absolute Gasteiger partial charge is 0.465 e. The van der Waals surface area contributed by atoms with Gasteiger partial charge in [0.2, 0.25) is 5.78 Å². The molecule has 0 radical (unpaired) electrons. The Kier molecular flexibility index (Phi) is 5.65. The number of carbonyl (C=O) groups is 3. The molecule has 0 spiro atoms. The lowest BCUT2D eigenvalue weighted by Crippen LogP contribution is -2.22. The number of Topliss-reactive ketones (excluding diaryl/α,β-unsaturated/α-hetero) is 1. The third-order valence-electron chi connectivity index (χ3n) is 5.43. The minimum atomic E-state index is -0.426. The van der Waals surface area contributed by atoms with Crippen molar-refractivity contribution in [2.45, 2.75) is 32.1 Å². The smallest absolute Gasteiger partial charge is 0.337 e. The average molecular weight is 406 g/mol. The van der Waals surface area contributed by atoms with Gasteiger partial charge in [0.05, 0.1) is 24.2 Å². The first-order chi connectivity index (χ1) is 14.5. The molecule has 0 saturated heterocycles. The Morgan fingerprint density at radius 3 is 2.47 bits per heavy atom. The van der Waals surface area contributed by atoms with Crippen LogP contribution in [0.25, 0.3) is 6.08 Å². The van der Waals surface area contributed by atoms with Gasteiger partial charge < -0.3 is 14.2 Å². The zero-order valence-corrected chi connectivity index (χ0v) is 16.7. The van der Waals surface area contributed by atoms with Gasteiger partial charge >= 0.3 is 11.9 Å². The fraction of sp³-hybridized carbons (Fsp3) is 0.292. The predicted octanol–water partition coefficient (Wildman–Crippen LogP) is 4.58. The standard InChI is InChI=1S/C24H22O6/c1-28-23(26)17-9-7-15(8-10-17)13-21-22(25)19-12-11-18(14-20(19)30-21)29-24(27)16-5-3-2-4-6-16/h7-14,16H,2-6H2,1H3/b21-13-. The molecule has 0 bridgehead atoms. The molecule has 1 aliphatic carbocycles. The van der Waals surface area contributed by atoms with Gasteiger partial charge in [0.15, 0.2) is 5.76 Å². The molecule has 0 N–H and O–H groups in total. The van der Waals surface area contributed by atoms with Crippen molar-refractivity contribution in [3.63, 3.8) is 0 Å². The molecule has 30 heavy (non-hydrogen) atoms. The molecule has 2 aromatic rings. The highest BCUT2D eigenvalue weighted by atomic mass is 16.5. The summed E-state index contributed by atoms with van der Waals surface area (Å²) in [6.45, 7) is 0. The quantitative estimate of drug-likeness (QED) is 0.420. The van der Waals surface area contributed by atoms with Crippen molar-refractivity contribution in [3.05, 3.63) is 64.9 Å². The number of hydrogen-bond donors (Lipinski definition) is 0. The van der Waals surface area contributed by atoms with E-state index in [0.29, 0.717) is 28.2 Å². The monoisotopic (exact) mass is 406 g/mol. The summed E-state index contributed by atoms with van der Waals surface area (Å²) in [4.78, 5) is 36.5. The fourth-order valence-electron chi connectivity index (χ4n) is 3.75. The van der Waals surface area contributed by atoms with Gasteiger partial charge in [-0.2, -0.15) is 0 Å². The highest BCUT2D eigenvalue weighted by Crippen LogP contribution is 2.35. The molecule has 2 aliphatic rings. The maximum absolute atomic E-state index is 12.6. The molecule has 4 rings (SSSR count). The summed E-state index contributed by atoms with van der Waals surface area (Å²) in [5.74, 6) is -0.0329. The van der Waals surface area contributed by atoms with E-state index >= 15 is 0 Å². The number of rotatable bonds is 4. The average Bonchev–Trinajstić information content (AvgIpc) is 3.08. The molecule has 1 fully saturated rings. The van der Waals surface area contributed by atoms with Crippen molar-refractivity contribution >= 4 is 23.8 Å². The van der Waals surface area contributed by atoms with Crippen LogP contribution in [0.15, 0.2) is 48.2 Å². The molecule has 0 amide bonds. The van der Waals surface area contributed by atoms with E-state index in [4.69, 9.17) is 9.47 Å². The van der Waals surface area contributed by atoms with Gasteiger partial charge in [0.1, 0.15) is 11.5 Å². The summed E-state index contributed by atoms with van der Waals surface area (Å²) in [6.07, 6.45) is 6.60. The van der Waals surface area contributed by atoms with E-state index in [1.165, 1.54) is 13.5 Å². The third kappa shape index (κ3) is 4.13. The summed E-state index contributed by atoms with van der Waals surface area (Å²) in [6, 6.07) is 11.5. The highest BCUT2D eigenvalue weighted by molar-refractivity contribution is 6.14. The Morgan fingerprint density at radius 2 is 1.77 bits per heavy atom. The Hall–Kier alpha value is -3.41. The number of ether oxygens (including phenoxy) is 3. The number of esters is 2. The molecule has 1 heterocycles. The topological polar surface area (TPSA) is 78.9 Å². The number of fused-ring (bicyclic) bond motifs is 1. The molecule has 1 aliphatic heterocycles. The first-order valence-electron chi connectivity index (χ1n) is 10.0. The lowest BCUT2D eigenvalue weighted by Gasteiger charge is -2.19. The SMILES string of the molecule is COC(=O)c1ccc(/C=C2\Oc3cc(OC(=O)C4CCCCC4)ccc3C2=O)cc1. The Morgan fingerprint density at radius 1 is 1.03 bits per heavy atom. The number of benzene rings is 2. The van der Waals surface area contributed by atoms with Gasteiger partial charge in [-0.05, 0) is 48.7 Å². The predicted molar refractivity (Wildman–Crippen MR) is 109 cm³/mol. The molecular weight excluding hydrogens is 384 g/mol. The molecule has 6 nitrogen and oxygen atoms in total. The minimum Gasteiger partial charge on any atom is -0.465 e. The molecule has 0 atom stereocenters. The second-order valence-corrected chi connectivity index (χ2v) is 7.47. The van der Waals surface area contributed by atoms with Crippen LogP contribution in [0.3, 0.4) is 0 Å². The normalized spacial score (nSPS) is 17.4. The van der Waals surface area contributed by atoms with Crippen LogP contribution in [0, 0.1) is 5.92 Å². The van der Waals surface area contributed by atoms with Crippen molar-refractivity contribution in [2.24, 2.45) is 5.92 Å². The third-order valence-corrected chi connectivity index (χ3v) is 5.43. The first-order valence-corrected chi connectivity index (χ1v) is 10.0. The van der Waals surface area contributed by atoms with Crippen molar-refractivity contribution in [1.82, 2.24) is 0 Å². The van der Waals surface area contributed by atoms with Crippen LogP contribution < -0.4 is 9.47 Å². The van der Waals surface area contributed by atoms with Gasteiger partial charge in [-0.15, -0.1) is 0 Å². The van der Waals surface area contributed by atoms with Gasteiger partial charge in [-0.25, -0.2) is 4.79 Å². The molecule has 0 aromatic heterocycles. The van der Waals surface area contributed by atoms with E-state index in [9.17, 15) is 14.4 Å². The highest BCUT2D eigenvalue weighted by Gasteiger charge is 2.29. The van der Waals surface area contributed by atoms with E-state index in [-0.39, 0.29) is 23.4 Å². The molecule has 1 saturated carbocycles. The fourth-order valence-corrected chi connectivity index (χ4v) is 3.75. The van der Waals surface area contributed by atoms with E-state index in [0.717, 1.165) is 25.7 Å². The molecule has 154 valence electrons. The maximum atomic E-state index is 12.6. The van der Waals surface area contributed by atoms with Crippen LogP contribution in [0.5, 0.6) is 11.5 Å². The first kappa shape index (κ1) is 19.9. The van der Waals surface area contributed by atoms with Crippen LogP contribution in [-0.4, -0.2) is 24.8 Å². The van der Waals surface area contributed by atoms with Crippen molar-refractivity contribution in [2.75, 3.05) is 7.11 Å². The zero-order chi connectivity index (χ0) is 21.1. The second kappa shape index (κ2) is 8.53. The number of ketones is 1. The minimum absolute atomic E-state index is 0.0574. The molecule has 2 aromatic carbocycles. The number of allylic oxidation sites excluding steroid dienone is 1. The van der Waals surface area contributed by atoms with Crippen molar-refractivity contribution < 1.29 is 28.6 Å². The summed E-state index contributed by atoms with van der Waals surface area (Å²) in [7, 11) is 1.32. The number of carbonyl (C=O) groups excluding carboxylic acids is 3. The summed E-state index contributed by atoms with van der Waals surface area (Å²) >= 11 is 0. The van der Waals surface area contributed by atoms with E-state index in [1.807, 2.05) is 0 Å². The zero-order valence-electron chi connectivity index (χ0n) is 16.7. The van der Waals surface area contributed by atoms with Crippen LogP contribution in [-0.2, 0) is 9.53 Å². The summed E-state index contributed by atoms with van der Waals surface area (Å²) in [5, 5.41) is 0. The lowest BCUT2D eigenvalue weighted by molar-refractivity contribution is -0.139. The summed E-state index contributed by atoms with van der Waals surface area (Å²) in [5.41, 5.74) is 1.55. The van der Waals surface area contributed by atoms with E-state index < -0.39 is 5.97 Å². The van der Waals surface area contributed by atoms with E-state index in [2.05, 4.69) is 4.74 Å². The maximum Gasteiger partial charge on any atom is 0.337 e. The van der Waals surface area contributed by atoms with Gasteiger partial charge in [-0.3, -0.25) is 9.59 Å². The summed E-state index contributed by atoms with van der Waals surface area (Å²) < 4.78 is 15.9. The van der Waals surface area contributed by atoms with Crippen molar-refractivity contribution in [1.29, 1.82) is 0 Å². The van der Waals surface area contributed by atoms with Crippen LogP contribution >= 0.6 is 0 Å². The van der Waals surface area contributed by atoms with Gasteiger partial charge in [-0.1, -0.05) is 31.4 Å². The van der Waals surface area contributed by atoms with Crippen LogP contribution in [0.2, 0.25) is 0 Å². The van der Waals surface area contributed by atoms with Crippen molar-refractivity contribution in [3.8, 4) is 11.5 Å². The second-order valence-electron chi connectivity index (χ2n) is 7.47. The number of hydrogen-bond acceptors (Lipinski definition) is 6. The Bertz CT molecular complexity index is 1010. The number of methoxy groups -OCH3 is 1. The molecular formula is C24H22O6. The van der Waals surface area contributed by atoms with Gasteiger partial charge in [0, 0.05) is 6.07 Å². The molecule has 0 unspecified atom stereocenters. The lowest BCUT2D eigenvalue weighted by atomic mass is 9.89. The van der Waals surface area contributed by atoms with Crippen LogP contribution in [0.1, 0.15) is 58.4 Å². The molecule has 6 heteroatoms. The van der Waals surface area contributed by atoms with E-state index in [1.54, 1.807) is 48.5 Å². The van der Waals surface area contributed by atoms with Crippen LogP contribution in [0.4, 0.5) is 0 Å². The Labute approximate surface area is 174 Å².